The highest BCUT2D eigenvalue weighted by molar-refractivity contribution is 6.06. The molecule has 0 spiro atoms. The first-order valence-corrected chi connectivity index (χ1v) is 15.3. The van der Waals surface area contributed by atoms with E-state index in [0.717, 1.165) is 71.6 Å². The first-order chi connectivity index (χ1) is 21.9. The number of nitrogens with one attached hydrogen (secondary N) is 4. The number of fused-ring (bicyclic) bond motifs is 1. The van der Waals surface area contributed by atoms with E-state index in [-0.39, 0.29) is 18.6 Å². The Labute approximate surface area is 261 Å². The van der Waals surface area contributed by atoms with Gasteiger partial charge in [0.15, 0.2) is 5.82 Å². The van der Waals surface area contributed by atoms with Crippen LogP contribution in [0.3, 0.4) is 0 Å². The number of rotatable bonds is 12. The van der Waals surface area contributed by atoms with Crippen molar-refractivity contribution >= 4 is 40.1 Å². The van der Waals surface area contributed by atoms with Crippen LogP contribution in [0, 0.1) is 13.8 Å². The van der Waals surface area contributed by atoms with Gasteiger partial charge >= 0.3 is 0 Å². The molecule has 1 aromatic carbocycles. The topological polar surface area (TPSA) is 151 Å². The van der Waals surface area contributed by atoms with Gasteiger partial charge in [-0.3, -0.25) is 14.4 Å². The average Bonchev–Trinajstić information content (AvgIpc) is 3.73. The lowest BCUT2D eigenvalue weighted by Gasteiger charge is -2.17. The van der Waals surface area contributed by atoms with E-state index in [9.17, 15) is 4.79 Å². The summed E-state index contributed by atoms with van der Waals surface area (Å²) in [5.41, 5.74) is 5.24. The highest BCUT2D eigenvalue weighted by atomic mass is 16.5. The van der Waals surface area contributed by atoms with Crippen LogP contribution >= 0.6 is 0 Å². The highest BCUT2D eigenvalue weighted by Crippen LogP contribution is 2.33. The van der Waals surface area contributed by atoms with Gasteiger partial charge in [-0.05, 0) is 38.3 Å². The smallest absolute Gasteiger partial charge is 0.238 e. The molecular weight excluding hydrogens is 570 g/mol. The Balaban J connectivity index is 1.09. The number of hydrogen-bond acceptors (Lipinski definition) is 10. The zero-order valence-corrected chi connectivity index (χ0v) is 26.1. The third-order valence-corrected chi connectivity index (χ3v) is 7.93. The van der Waals surface area contributed by atoms with Crippen LogP contribution in [0.15, 0.2) is 49.1 Å². The monoisotopic (exact) mass is 609 g/mol. The first kappa shape index (κ1) is 30.0. The molecule has 45 heavy (non-hydrogen) atoms. The third-order valence-electron chi connectivity index (χ3n) is 7.93. The van der Waals surface area contributed by atoms with Crippen molar-refractivity contribution in [3.8, 4) is 17.1 Å². The normalized spacial score (nSPS) is 15.0. The molecule has 234 valence electrons. The van der Waals surface area contributed by atoms with Crippen LogP contribution in [0.2, 0.25) is 0 Å². The molecule has 1 amide bonds. The van der Waals surface area contributed by atoms with Crippen LogP contribution in [0.5, 0.6) is 5.88 Å². The summed E-state index contributed by atoms with van der Waals surface area (Å²) in [7, 11) is 1.89. The molecule has 1 aliphatic heterocycles. The maximum Gasteiger partial charge on any atom is 0.238 e. The van der Waals surface area contributed by atoms with Crippen molar-refractivity contribution in [3.63, 3.8) is 0 Å². The quantitative estimate of drug-likeness (QED) is 0.145. The zero-order valence-electron chi connectivity index (χ0n) is 26.1. The zero-order chi connectivity index (χ0) is 31.3. The number of aromatic amines is 1. The summed E-state index contributed by atoms with van der Waals surface area (Å²) in [6, 6.07) is 9.64. The fourth-order valence-corrected chi connectivity index (χ4v) is 5.46. The number of aromatic nitrogens is 7. The van der Waals surface area contributed by atoms with E-state index in [1.54, 1.807) is 10.9 Å². The number of likely N-dealkylation sites (tertiary alicyclic amines) is 1. The number of ether oxygens (including phenoxy) is 1. The van der Waals surface area contributed by atoms with Gasteiger partial charge in [0.05, 0.1) is 23.4 Å². The van der Waals surface area contributed by atoms with Crippen LogP contribution in [0.4, 0.5) is 23.3 Å². The molecule has 0 saturated carbocycles. The van der Waals surface area contributed by atoms with Gasteiger partial charge in [0.2, 0.25) is 17.7 Å². The van der Waals surface area contributed by atoms with E-state index < -0.39 is 0 Å². The standard InChI is InChI=1S/C32H39N11O2/c1-5-6-11-33-26-14-29(37-19-36-26)45-22-10-12-43(17-22)18-28(44)38-25-9-7-8-23-24(16-34-31(23)25)30-20(2)15-35-32(40-30)39-27-13-21(3)42(4)41-27/h7-9,13-16,19,22,34H,5-6,10-12,17-18H2,1-4H3,(H,38,44)(H,33,36,37)(H,35,39,40,41)/t22-/m0/s1. The maximum atomic E-state index is 13.1. The molecule has 1 aliphatic rings. The fraction of sp³-hybridized carbons (Fsp3) is 0.375. The van der Waals surface area contributed by atoms with Gasteiger partial charge in [-0.15, -0.1) is 0 Å². The van der Waals surface area contributed by atoms with E-state index in [1.807, 2.05) is 57.4 Å². The van der Waals surface area contributed by atoms with E-state index >= 15 is 0 Å². The molecule has 0 aliphatic carbocycles. The first-order valence-electron chi connectivity index (χ1n) is 15.3. The number of aryl methyl sites for hydroxylation is 3. The van der Waals surface area contributed by atoms with Gasteiger partial charge in [-0.1, -0.05) is 25.5 Å². The minimum Gasteiger partial charge on any atom is -0.473 e. The van der Waals surface area contributed by atoms with Gasteiger partial charge in [0, 0.05) is 67.9 Å². The number of carbonyl (C=O) groups excluding carboxylic acids is 1. The van der Waals surface area contributed by atoms with Gasteiger partial charge in [0.1, 0.15) is 18.2 Å². The molecule has 13 nitrogen and oxygen atoms in total. The van der Waals surface area contributed by atoms with Crippen molar-refractivity contribution in [1.82, 2.24) is 39.6 Å². The summed E-state index contributed by atoms with van der Waals surface area (Å²) >= 11 is 0. The Bertz CT molecular complexity index is 1780. The fourth-order valence-electron chi connectivity index (χ4n) is 5.46. The van der Waals surface area contributed by atoms with Crippen molar-refractivity contribution < 1.29 is 9.53 Å². The summed E-state index contributed by atoms with van der Waals surface area (Å²) < 4.78 is 7.92. The maximum absolute atomic E-state index is 13.1. The van der Waals surface area contributed by atoms with E-state index in [2.05, 4.69) is 52.8 Å². The molecule has 6 rings (SSSR count). The predicted octanol–water partition coefficient (Wildman–Crippen LogP) is 4.81. The number of nitrogens with zero attached hydrogens (tertiary/aromatic N) is 7. The summed E-state index contributed by atoms with van der Waals surface area (Å²) in [6.45, 7) is 8.67. The second kappa shape index (κ2) is 13.3. The molecule has 5 aromatic rings. The number of amides is 1. The number of H-pyrrole nitrogens is 1. The number of benzene rings is 1. The van der Waals surface area contributed by atoms with Crippen LogP contribution in [-0.4, -0.2) is 77.8 Å². The lowest BCUT2D eigenvalue weighted by atomic mass is 10.1. The average molecular weight is 610 g/mol. The van der Waals surface area contributed by atoms with Crippen LogP contribution in [0.1, 0.15) is 37.4 Å². The van der Waals surface area contributed by atoms with Crippen molar-refractivity contribution in [3.05, 3.63) is 60.3 Å². The molecule has 0 radical (unpaired) electrons. The summed E-state index contributed by atoms with van der Waals surface area (Å²) in [6.07, 6.45) is 8.21. The Hall–Kier alpha value is -5.04. The Morgan fingerprint density at radius 2 is 2.04 bits per heavy atom. The molecule has 0 bridgehead atoms. The molecule has 4 aromatic heterocycles. The van der Waals surface area contributed by atoms with Crippen molar-refractivity contribution in [2.45, 2.75) is 46.1 Å². The largest absolute Gasteiger partial charge is 0.473 e. The van der Waals surface area contributed by atoms with Crippen molar-refractivity contribution in [2.24, 2.45) is 7.05 Å². The van der Waals surface area contributed by atoms with Crippen molar-refractivity contribution in [1.29, 1.82) is 0 Å². The SMILES string of the molecule is CCCCNc1cc(O[C@H]2CCN(CC(=O)Nc3cccc4c(-c5nc(Nc6cc(C)n(C)n6)ncc5C)c[nH]c34)C2)ncn1. The van der Waals surface area contributed by atoms with Crippen LogP contribution in [-0.2, 0) is 11.8 Å². The van der Waals surface area contributed by atoms with Crippen LogP contribution in [0.25, 0.3) is 22.2 Å². The van der Waals surface area contributed by atoms with Gasteiger partial charge in [-0.2, -0.15) is 5.10 Å². The van der Waals surface area contributed by atoms with E-state index in [4.69, 9.17) is 9.72 Å². The van der Waals surface area contributed by atoms with E-state index in [1.165, 1.54) is 6.33 Å². The van der Waals surface area contributed by atoms with E-state index in [0.29, 0.717) is 29.9 Å². The van der Waals surface area contributed by atoms with Crippen LogP contribution < -0.4 is 20.7 Å². The summed E-state index contributed by atoms with van der Waals surface area (Å²) in [5.74, 6) is 2.37. The molecular formula is C32H39N11O2. The minimum atomic E-state index is -0.0842. The van der Waals surface area contributed by atoms with Gasteiger partial charge in [-0.25, -0.2) is 19.9 Å². The second-order valence-electron chi connectivity index (χ2n) is 11.4. The summed E-state index contributed by atoms with van der Waals surface area (Å²) in [5, 5.41) is 15.0. The molecule has 1 saturated heterocycles. The van der Waals surface area contributed by atoms with Gasteiger partial charge in [0.25, 0.3) is 0 Å². The number of carbonyl (C=O) groups is 1. The second-order valence-corrected chi connectivity index (χ2v) is 11.4. The lowest BCUT2D eigenvalue weighted by molar-refractivity contribution is -0.117. The molecule has 13 heteroatoms. The molecule has 4 N–H and O–H groups in total. The lowest BCUT2D eigenvalue weighted by Crippen LogP contribution is -2.33. The minimum absolute atomic E-state index is 0.0391. The number of unbranched alkanes of at least 4 members (excludes halogenated alkanes) is 1. The Kier molecular flexibility index (Phi) is 8.87. The Morgan fingerprint density at radius 1 is 1.16 bits per heavy atom. The molecule has 0 unspecified atom stereocenters. The molecule has 1 atom stereocenters. The van der Waals surface area contributed by atoms with Gasteiger partial charge < -0.3 is 25.7 Å². The Morgan fingerprint density at radius 3 is 2.87 bits per heavy atom. The highest BCUT2D eigenvalue weighted by Gasteiger charge is 2.26. The number of para-hydroxylation sites is 1. The number of anilines is 4. The molecule has 1 fully saturated rings. The van der Waals surface area contributed by atoms with Crippen molar-refractivity contribution in [2.75, 3.05) is 42.1 Å². The number of hydrogen-bond donors (Lipinski definition) is 4. The molecule has 5 heterocycles. The predicted molar refractivity (Wildman–Crippen MR) is 175 cm³/mol. The third kappa shape index (κ3) is 7.04. The summed E-state index contributed by atoms with van der Waals surface area (Å²) in [4.78, 5) is 36.4.